The maximum Gasteiger partial charge on any atom is 0.309 e. The second-order valence-corrected chi connectivity index (χ2v) is 5.22. The number of carbonyl (C=O) groups excluding carboxylic acids is 2. The average Bonchev–Trinajstić information content (AvgIpc) is 3.20. The third kappa shape index (κ3) is 3.48. The Bertz CT molecular complexity index is 569. The first kappa shape index (κ1) is 14.6. The van der Waals surface area contributed by atoms with Crippen LogP contribution >= 0.6 is 0 Å². The lowest BCUT2D eigenvalue weighted by atomic mass is 10.2. The molecule has 22 heavy (non-hydrogen) atoms. The zero-order valence-electron chi connectivity index (χ0n) is 12.1. The van der Waals surface area contributed by atoms with Crippen LogP contribution in [-0.2, 0) is 20.9 Å². The Balaban J connectivity index is 1.44. The molecule has 1 fully saturated rings. The lowest BCUT2D eigenvalue weighted by Crippen LogP contribution is -2.42. The number of amides is 2. The van der Waals surface area contributed by atoms with Gasteiger partial charge in [0.15, 0.2) is 11.5 Å². The number of hydrogen-bond donors (Lipinski definition) is 2. The van der Waals surface area contributed by atoms with Gasteiger partial charge >= 0.3 is 11.8 Å². The van der Waals surface area contributed by atoms with Crippen molar-refractivity contribution in [1.82, 2.24) is 10.6 Å². The molecule has 0 radical (unpaired) electrons. The highest BCUT2D eigenvalue weighted by Crippen LogP contribution is 2.32. The standard InChI is InChI=1S/C15H18N2O5/c18-14(15(19)17-8-11-2-1-5-20-11)16-7-10-3-4-12-13(6-10)22-9-21-12/h3-4,6,11H,1-2,5,7-9H2,(H,16,18)(H,17,19). The Hall–Kier alpha value is -2.28. The van der Waals surface area contributed by atoms with Crippen molar-refractivity contribution in [2.45, 2.75) is 25.5 Å². The maximum absolute atomic E-state index is 11.7. The highest BCUT2D eigenvalue weighted by atomic mass is 16.7. The van der Waals surface area contributed by atoms with Crippen LogP contribution in [-0.4, -0.2) is 37.9 Å². The molecule has 2 aliphatic rings. The van der Waals surface area contributed by atoms with E-state index in [0.717, 1.165) is 25.0 Å². The van der Waals surface area contributed by atoms with E-state index in [1.165, 1.54) is 0 Å². The van der Waals surface area contributed by atoms with Crippen molar-refractivity contribution >= 4 is 11.8 Å². The van der Waals surface area contributed by atoms with Gasteiger partial charge in [-0.05, 0) is 30.5 Å². The Morgan fingerprint density at radius 1 is 1.14 bits per heavy atom. The first-order valence-corrected chi connectivity index (χ1v) is 7.28. The normalized spacial score (nSPS) is 19.0. The summed E-state index contributed by atoms with van der Waals surface area (Å²) >= 11 is 0. The summed E-state index contributed by atoms with van der Waals surface area (Å²) in [5.41, 5.74) is 0.838. The molecule has 1 atom stereocenters. The fourth-order valence-corrected chi connectivity index (χ4v) is 2.41. The van der Waals surface area contributed by atoms with Gasteiger partial charge in [0.1, 0.15) is 0 Å². The largest absolute Gasteiger partial charge is 0.454 e. The highest BCUT2D eigenvalue weighted by molar-refractivity contribution is 6.35. The molecule has 2 amide bonds. The van der Waals surface area contributed by atoms with Crippen LogP contribution in [0.4, 0.5) is 0 Å². The van der Waals surface area contributed by atoms with Crippen LogP contribution in [0.5, 0.6) is 11.5 Å². The van der Waals surface area contributed by atoms with E-state index in [1.807, 2.05) is 6.07 Å². The summed E-state index contributed by atoms with van der Waals surface area (Å²) < 4.78 is 15.9. The van der Waals surface area contributed by atoms with Crippen LogP contribution in [0.3, 0.4) is 0 Å². The van der Waals surface area contributed by atoms with Crippen molar-refractivity contribution in [2.24, 2.45) is 0 Å². The van der Waals surface area contributed by atoms with Gasteiger partial charge in [0.25, 0.3) is 0 Å². The van der Waals surface area contributed by atoms with Crippen molar-refractivity contribution < 1.29 is 23.8 Å². The van der Waals surface area contributed by atoms with Crippen LogP contribution in [0.2, 0.25) is 0 Å². The van der Waals surface area contributed by atoms with Gasteiger partial charge in [-0.25, -0.2) is 0 Å². The van der Waals surface area contributed by atoms with E-state index in [-0.39, 0.29) is 19.4 Å². The lowest BCUT2D eigenvalue weighted by molar-refractivity contribution is -0.139. The SMILES string of the molecule is O=C(NCc1ccc2c(c1)OCO2)C(=O)NCC1CCCO1. The molecular formula is C15H18N2O5. The van der Waals surface area contributed by atoms with Crippen LogP contribution in [0.1, 0.15) is 18.4 Å². The summed E-state index contributed by atoms with van der Waals surface area (Å²) in [5, 5.41) is 5.16. The Morgan fingerprint density at radius 3 is 2.77 bits per heavy atom. The van der Waals surface area contributed by atoms with Gasteiger partial charge in [-0.2, -0.15) is 0 Å². The topological polar surface area (TPSA) is 85.9 Å². The number of rotatable bonds is 4. The van der Waals surface area contributed by atoms with E-state index in [1.54, 1.807) is 12.1 Å². The molecule has 0 spiro atoms. The van der Waals surface area contributed by atoms with E-state index in [0.29, 0.717) is 18.0 Å². The number of ether oxygens (including phenoxy) is 3. The molecule has 7 nitrogen and oxygen atoms in total. The number of nitrogens with one attached hydrogen (secondary N) is 2. The fraction of sp³-hybridized carbons (Fsp3) is 0.467. The predicted octanol–water partition coefficient (Wildman–Crippen LogP) is 0.327. The Labute approximate surface area is 127 Å². The van der Waals surface area contributed by atoms with E-state index in [9.17, 15) is 9.59 Å². The van der Waals surface area contributed by atoms with Crippen molar-refractivity contribution in [3.8, 4) is 11.5 Å². The molecule has 118 valence electrons. The average molecular weight is 306 g/mol. The zero-order valence-corrected chi connectivity index (χ0v) is 12.1. The van der Waals surface area contributed by atoms with E-state index in [2.05, 4.69) is 10.6 Å². The minimum Gasteiger partial charge on any atom is -0.454 e. The highest BCUT2D eigenvalue weighted by Gasteiger charge is 2.19. The van der Waals surface area contributed by atoms with Gasteiger partial charge in [0.05, 0.1) is 6.10 Å². The van der Waals surface area contributed by atoms with Crippen molar-refractivity contribution in [3.05, 3.63) is 23.8 Å². The summed E-state index contributed by atoms with van der Waals surface area (Å²) in [6, 6.07) is 5.38. The van der Waals surface area contributed by atoms with Gasteiger partial charge in [0, 0.05) is 19.7 Å². The molecule has 0 aromatic heterocycles. The Kier molecular flexibility index (Phi) is 4.43. The molecule has 2 N–H and O–H groups in total. The van der Waals surface area contributed by atoms with Gasteiger partial charge in [-0.3, -0.25) is 9.59 Å². The van der Waals surface area contributed by atoms with E-state index < -0.39 is 11.8 Å². The van der Waals surface area contributed by atoms with Crippen molar-refractivity contribution in [3.63, 3.8) is 0 Å². The minimum absolute atomic E-state index is 0.0191. The maximum atomic E-state index is 11.7. The van der Waals surface area contributed by atoms with Gasteiger partial charge in [-0.1, -0.05) is 6.07 Å². The van der Waals surface area contributed by atoms with Gasteiger partial charge in [-0.15, -0.1) is 0 Å². The summed E-state index contributed by atoms with van der Waals surface area (Å²) in [6.07, 6.45) is 1.93. The molecule has 0 aliphatic carbocycles. The minimum atomic E-state index is -0.657. The molecule has 0 bridgehead atoms. The van der Waals surface area contributed by atoms with Crippen LogP contribution in [0.15, 0.2) is 18.2 Å². The molecule has 0 saturated carbocycles. The third-order valence-corrected chi connectivity index (χ3v) is 3.61. The molecule has 7 heteroatoms. The predicted molar refractivity (Wildman–Crippen MR) is 76.4 cm³/mol. The molecule has 1 aromatic carbocycles. The molecule has 1 aromatic rings. The number of fused-ring (bicyclic) bond motifs is 1. The van der Waals surface area contributed by atoms with Gasteiger partial charge < -0.3 is 24.8 Å². The Morgan fingerprint density at radius 2 is 1.95 bits per heavy atom. The van der Waals surface area contributed by atoms with E-state index in [4.69, 9.17) is 14.2 Å². The number of hydrogen-bond acceptors (Lipinski definition) is 5. The molecule has 2 aliphatic heterocycles. The van der Waals surface area contributed by atoms with Gasteiger partial charge in [0.2, 0.25) is 6.79 Å². The number of carbonyl (C=O) groups is 2. The zero-order chi connectivity index (χ0) is 15.4. The molecule has 3 rings (SSSR count). The number of benzene rings is 1. The molecule has 1 unspecified atom stereocenters. The van der Waals surface area contributed by atoms with E-state index >= 15 is 0 Å². The van der Waals surface area contributed by atoms with Crippen LogP contribution < -0.4 is 20.1 Å². The van der Waals surface area contributed by atoms with Crippen molar-refractivity contribution in [1.29, 1.82) is 0 Å². The smallest absolute Gasteiger partial charge is 0.309 e. The summed E-state index contributed by atoms with van der Waals surface area (Å²) in [4.78, 5) is 23.4. The first-order valence-electron chi connectivity index (χ1n) is 7.28. The van der Waals surface area contributed by atoms with Crippen LogP contribution in [0.25, 0.3) is 0 Å². The summed E-state index contributed by atoms with van der Waals surface area (Å²) in [6.45, 7) is 1.55. The summed E-state index contributed by atoms with van der Waals surface area (Å²) in [7, 11) is 0. The van der Waals surface area contributed by atoms with Crippen LogP contribution in [0, 0.1) is 0 Å². The molecule has 2 heterocycles. The third-order valence-electron chi connectivity index (χ3n) is 3.61. The lowest BCUT2D eigenvalue weighted by Gasteiger charge is -2.11. The second kappa shape index (κ2) is 6.65. The molecular weight excluding hydrogens is 288 g/mol. The summed E-state index contributed by atoms with van der Waals surface area (Å²) in [5.74, 6) is 0.0332. The first-order chi connectivity index (χ1) is 10.7. The monoisotopic (exact) mass is 306 g/mol. The quantitative estimate of drug-likeness (QED) is 0.783. The fourth-order valence-electron chi connectivity index (χ4n) is 2.41. The molecule has 1 saturated heterocycles. The second-order valence-electron chi connectivity index (χ2n) is 5.22. The van der Waals surface area contributed by atoms with Crippen molar-refractivity contribution in [2.75, 3.05) is 19.9 Å².